The number of nitrogens with two attached hydrogens (primary N) is 1. The van der Waals surface area contributed by atoms with Gasteiger partial charge in [0.1, 0.15) is 9.75 Å². The van der Waals surface area contributed by atoms with E-state index >= 15 is 0 Å². The molecule has 0 aliphatic heterocycles. The molecule has 0 saturated carbocycles. The highest BCUT2D eigenvalue weighted by atomic mass is 32.1. The zero-order chi connectivity index (χ0) is 10.7. The second kappa shape index (κ2) is 4.10. The molecule has 0 aliphatic carbocycles. The van der Waals surface area contributed by atoms with Crippen LogP contribution in [0.4, 0.5) is 5.69 Å². The van der Waals surface area contributed by atoms with Gasteiger partial charge in [-0.3, -0.25) is 0 Å². The molecule has 14 heavy (non-hydrogen) atoms. The van der Waals surface area contributed by atoms with Gasteiger partial charge in [-0.15, -0.1) is 11.3 Å². The van der Waals surface area contributed by atoms with Crippen molar-refractivity contribution in [1.82, 2.24) is 0 Å². The first-order valence-electron chi connectivity index (χ1n) is 3.66. The number of hydrogen-bond acceptors (Lipinski definition) is 6. The Kier molecular flexibility index (Phi) is 3.08. The minimum atomic E-state index is -0.553. The van der Waals surface area contributed by atoms with Gasteiger partial charge in [-0.2, -0.15) is 0 Å². The summed E-state index contributed by atoms with van der Waals surface area (Å²) in [5.74, 6) is -1.07. The van der Waals surface area contributed by atoms with Crippen LogP contribution in [0.5, 0.6) is 0 Å². The van der Waals surface area contributed by atoms with Gasteiger partial charge in [0.05, 0.1) is 19.9 Å². The molecule has 0 saturated heterocycles. The highest BCUT2D eigenvalue weighted by Gasteiger charge is 2.18. The molecule has 2 N–H and O–H groups in total. The second-order valence-electron chi connectivity index (χ2n) is 2.38. The van der Waals surface area contributed by atoms with Crippen LogP contribution in [0.2, 0.25) is 0 Å². The largest absolute Gasteiger partial charge is 0.465 e. The molecule has 0 bridgehead atoms. The highest BCUT2D eigenvalue weighted by Crippen LogP contribution is 2.25. The third-order valence-electron chi connectivity index (χ3n) is 1.52. The fourth-order valence-corrected chi connectivity index (χ4v) is 1.77. The van der Waals surface area contributed by atoms with Gasteiger partial charge < -0.3 is 15.2 Å². The lowest BCUT2D eigenvalue weighted by Crippen LogP contribution is -2.01. The summed E-state index contributed by atoms with van der Waals surface area (Å²) in [6.45, 7) is 0. The van der Waals surface area contributed by atoms with Crippen LogP contribution in [0.25, 0.3) is 0 Å². The first-order chi connectivity index (χ1) is 6.60. The molecule has 0 spiro atoms. The van der Waals surface area contributed by atoms with E-state index in [2.05, 4.69) is 9.47 Å². The van der Waals surface area contributed by atoms with Gasteiger partial charge >= 0.3 is 11.9 Å². The van der Waals surface area contributed by atoms with E-state index in [-0.39, 0.29) is 15.4 Å². The molecule has 0 aromatic carbocycles. The van der Waals surface area contributed by atoms with Crippen LogP contribution >= 0.6 is 11.3 Å². The van der Waals surface area contributed by atoms with E-state index in [4.69, 9.17) is 5.73 Å². The molecule has 76 valence electrons. The highest BCUT2D eigenvalue weighted by molar-refractivity contribution is 7.16. The average Bonchev–Trinajstić information content (AvgIpc) is 2.58. The molecule has 5 nitrogen and oxygen atoms in total. The van der Waals surface area contributed by atoms with Crippen LogP contribution in [-0.4, -0.2) is 26.2 Å². The lowest BCUT2D eigenvalue weighted by Gasteiger charge is -1.94. The Hall–Kier alpha value is -1.56. The molecular weight excluding hydrogens is 206 g/mol. The third-order valence-corrected chi connectivity index (χ3v) is 2.63. The lowest BCUT2D eigenvalue weighted by molar-refractivity contribution is 0.0600. The summed E-state index contributed by atoms with van der Waals surface area (Å²) in [6, 6.07) is 1.39. The van der Waals surface area contributed by atoms with Crippen LogP contribution in [0, 0.1) is 0 Å². The number of methoxy groups -OCH3 is 2. The number of esters is 2. The lowest BCUT2D eigenvalue weighted by atomic mass is 10.3. The van der Waals surface area contributed by atoms with Crippen molar-refractivity contribution in [2.24, 2.45) is 0 Å². The zero-order valence-corrected chi connectivity index (χ0v) is 8.51. The predicted octanol–water partition coefficient (Wildman–Crippen LogP) is 0.904. The molecule has 0 fully saturated rings. The van der Waals surface area contributed by atoms with Crippen molar-refractivity contribution >= 4 is 29.0 Å². The maximum atomic E-state index is 11.1. The van der Waals surface area contributed by atoms with Crippen molar-refractivity contribution in [1.29, 1.82) is 0 Å². The number of carbonyl (C=O) groups is 2. The van der Waals surface area contributed by atoms with Crippen molar-refractivity contribution in [3.05, 3.63) is 15.8 Å². The Balaban J connectivity index is 3.05. The fraction of sp³-hybridized carbons (Fsp3) is 0.250. The molecule has 0 atom stereocenters. The van der Waals surface area contributed by atoms with Crippen LogP contribution in [0.1, 0.15) is 19.3 Å². The number of thiophene rings is 1. The topological polar surface area (TPSA) is 78.6 Å². The molecule has 1 rings (SSSR count). The summed E-state index contributed by atoms with van der Waals surface area (Å²) in [6.07, 6.45) is 0. The van der Waals surface area contributed by atoms with Gasteiger partial charge in [0.2, 0.25) is 0 Å². The summed E-state index contributed by atoms with van der Waals surface area (Å²) in [5, 5.41) is 0. The molecule has 1 heterocycles. The predicted molar refractivity (Wildman–Crippen MR) is 51.4 cm³/mol. The first kappa shape index (κ1) is 10.5. The average molecular weight is 215 g/mol. The van der Waals surface area contributed by atoms with Gasteiger partial charge in [-0.25, -0.2) is 9.59 Å². The normalized spacial score (nSPS) is 9.57. The quantitative estimate of drug-likeness (QED) is 0.741. The molecular formula is C8H9NO4S. The maximum Gasteiger partial charge on any atom is 0.350 e. The zero-order valence-electron chi connectivity index (χ0n) is 7.70. The molecule has 6 heteroatoms. The monoisotopic (exact) mass is 215 g/mol. The van der Waals surface area contributed by atoms with Crippen LogP contribution in [0.15, 0.2) is 6.07 Å². The van der Waals surface area contributed by atoms with Crippen molar-refractivity contribution in [2.45, 2.75) is 0 Å². The SMILES string of the molecule is COC(=O)c1cc(N)c(C(=O)OC)s1. The van der Waals surface area contributed by atoms with E-state index in [1.165, 1.54) is 20.3 Å². The number of hydrogen-bond donors (Lipinski definition) is 1. The van der Waals surface area contributed by atoms with Crippen molar-refractivity contribution in [3.8, 4) is 0 Å². The van der Waals surface area contributed by atoms with E-state index in [0.717, 1.165) is 11.3 Å². The van der Waals surface area contributed by atoms with Crippen molar-refractivity contribution in [2.75, 3.05) is 20.0 Å². The second-order valence-corrected chi connectivity index (χ2v) is 3.43. The van der Waals surface area contributed by atoms with Crippen LogP contribution in [-0.2, 0) is 9.47 Å². The van der Waals surface area contributed by atoms with Crippen molar-refractivity contribution in [3.63, 3.8) is 0 Å². The number of carbonyl (C=O) groups excluding carboxylic acids is 2. The van der Waals surface area contributed by atoms with E-state index < -0.39 is 11.9 Å². The number of nitrogen functional groups attached to an aromatic ring is 1. The van der Waals surface area contributed by atoms with Gasteiger partial charge in [0.15, 0.2) is 0 Å². The first-order valence-corrected chi connectivity index (χ1v) is 4.47. The Morgan fingerprint density at radius 2 is 1.86 bits per heavy atom. The molecule has 1 aromatic heterocycles. The van der Waals surface area contributed by atoms with Gasteiger partial charge in [-0.05, 0) is 6.07 Å². The Morgan fingerprint density at radius 3 is 2.36 bits per heavy atom. The smallest absolute Gasteiger partial charge is 0.350 e. The Bertz CT molecular complexity index is 371. The molecule has 1 aromatic rings. The Labute approximate surface area is 84.4 Å². The minimum Gasteiger partial charge on any atom is -0.465 e. The van der Waals surface area contributed by atoms with Crippen molar-refractivity contribution < 1.29 is 19.1 Å². The fourth-order valence-electron chi connectivity index (χ4n) is 0.859. The van der Waals surface area contributed by atoms with Crippen LogP contribution in [0.3, 0.4) is 0 Å². The van der Waals surface area contributed by atoms with E-state index in [9.17, 15) is 9.59 Å². The molecule has 0 amide bonds. The molecule has 0 radical (unpaired) electrons. The summed E-state index contributed by atoms with van der Waals surface area (Å²) in [5.41, 5.74) is 5.74. The summed E-state index contributed by atoms with van der Waals surface area (Å²) >= 11 is 0.951. The Morgan fingerprint density at radius 1 is 1.29 bits per heavy atom. The molecule has 0 aliphatic rings. The van der Waals surface area contributed by atoms with E-state index in [1.54, 1.807) is 0 Å². The van der Waals surface area contributed by atoms with Gasteiger partial charge in [0, 0.05) is 0 Å². The number of anilines is 1. The standard InChI is InChI=1S/C8H9NO4S/c1-12-7(10)5-3-4(9)6(14-5)8(11)13-2/h3H,9H2,1-2H3. The summed E-state index contributed by atoms with van der Waals surface area (Å²) < 4.78 is 8.96. The van der Waals surface area contributed by atoms with Gasteiger partial charge in [-0.1, -0.05) is 0 Å². The maximum absolute atomic E-state index is 11.1. The number of rotatable bonds is 2. The number of ether oxygens (including phenoxy) is 2. The van der Waals surface area contributed by atoms with Gasteiger partial charge in [0.25, 0.3) is 0 Å². The summed E-state index contributed by atoms with van der Waals surface area (Å²) in [7, 11) is 2.51. The molecule has 0 unspecified atom stereocenters. The summed E-state index contributed by atoms with van der Waals surface area (Å²) in [4.78, 5) is 22.7. The minimum absolute atomic E-state index is 0.216. The van der Waals surface area contributed by atoms with E-state index in [0.29, 0.717) is 0 Å². The third kappa shape index (κ3) is 1.85. The van der Waals surface area contributed by atoms with E-state index in [1.807, 2.05) is 0 Å². The van der Waals surface area contributed by atoms with Crippen LogP contribution < -0.4 is 5.73 Å².